The van der Waals surface area contributed by atoms with Crippen LogP contribution in [0.25, 0.3) is 0 Å². The zero-order valence-electron chi connectivity index (χ0n) is 12.3. The summed E-state index contributed by atoms with van der Waals surface area (Å²) in [6.45, 7) is 6.74. The average Bonchev–Trinajstić information content (AvgIpc) is 2.47. The summed E-state index contributed by atoms with van der Waals surface area (Å²) in [6.07, 6.45) is 0.954. The molecule has 0 unspecified atom stereocenters. The van der Waals surface area contributed by atoms with Crippen molar-refractivity contribution in [2.45, 2.75) is 27.2 Å². The maximum Gasteiger partial charge on any atom is 0.193 e. The predicted octanol–water partition coefficient (Wildman–Crippen LogP) is 4.32. The normalized spacial score (nSPS) is 10.3. The first-order valence-corrected chi connectivity index (χ1v) is 6.97. The number of carbonyl (C=O) groups is 1. The molecule has 2 aromatic carbocycles. The van der Waals surface area contributed by atoms with Crippen molar-refractivity contribution in [3.63, 3.8) is 0 Å². The zero-order chi connectivity index (χ0) is 14.5. The van der Waals surface area contributed by atoms with Crippen molar-refractivity contribution in [2.75, 3.05) is 6.61 Å². The van der Waals surface area contributed by atoms with Gasteiger partial charge in [0.2, 0.25) is 0 Å². The summed E-state index contributed by atoms with van der Waals surface area (Å²) < 4.78 is 5.58. The number of benzene rings is 2. The van der Waals surface area contributed by atoms with Gasteiger partial charge in [0.25, 0.3) is 0 Å². The number of ketones is 1. The molecule has 2 heteroatoms. The van der Waals surface area contributed by atoms with Gasteiger partial charge in [0, 0.05) is 11.1 Å². The number of hydrogen-bond acceptors (Lipinski definition) is 2. The van der Waals surface area contributed by atoms with Gasteiger partial charge in [0.1, 0.15) is 5.75 Å². The minimum atomic E-state index is 0.0492. The fourth-order valence-corrected chi connectivity index (χ4v) is 2.10. The molecule has 20 heavy (non-hydrogen) atoms. The lowest BCUT2D eigenvalue weighted by molar-refractivity contribution is 0.103. The first-order chi connectivity index (χ1) is 9.63. The SMILES string of the molecule is CCCOc1cccc(C(=O)c2cccc(C)c2C)c1. The Morgan fingerprint density at radius 2 is 1.85 bits per heavy atom. The molecular weight excluding hydrogens is 248 g/mol. The second kappa shape index (κ2) is 6.38. The Morgan fingerprint density at radius 3 is 2.60 bits per heavy atom. The number of rotatable bonds is 5. The van der Waals surface area contributed by atoms with Crippen LogP contribution in [0.15, 0.2) is 42.5 Å². The number of hydrogen-bond donors (Lipinski definition) is 0. The summed E-state index contributed by atoms with van der Waals surface area (Å²) in [6, 6.07) is 13.2. The summed E-state index contributed by atoms with van der Waals surface area (Å²) in [5.74, 6) is 0.802. The van der Waals surface area contributed by atoms with Gasteiger partial charge in [-0.25, -0.2) is 0 Å². The maximum absolute atomic E-state index is 12.6. The van der Waals surface area contributed by atoms with Crippen LogP contribution in [-0.4, -0.2) is 12.4 Å². The van der Waals surface area contributed by atoms with Crippen LogP contribution >= 0.6 is 0 Å². The van der Waals surface area contributed by atoms with Crippen molar-refractivity contribution < 1.29 is 9.53 Å². The summed E-state index contributed by atoms with van der Waals surface area (Å²) >= 11 is 0. The van der Waals surface area contributed by atoms with E-state index in [0.717, 1.165) is 28.9 Å². The Kier molecular flexibility index (Phi) is 4.57. The molecule has 2 nitrogen and oxygen atoms in total. The molecular formula is C18H20O2. The van der Waals surface area contributed by atoms with Gasteiger partial charge in [-0.15, -0.1) is 0 Å². The maximum atomic E-state index is 12.6. The van der Waals surface area contributed by atoms with Crippen molar-refractivity contribution in [1.82, 2.24) is 0 Å². The van der Waals surface area contributed by atoms with Gasteiger partial charge in [0.05, 0.1) is 6.61 Å². The molecule has 0 fully saturated rings. The summed E-state index contributed by atoms with van der Waals surface area (Å²) in [5.41, 5.74) is 3.61. The molecule has 0 bridgehead atoms. The third-order valence-electron chi connectivity index (χ3n) is 3.42. The molecule has 0 saturated heterocycles. The van der Waals surface area contributed by atoms with E-state index in [1.165, 1.54) is 0 Å². The van der Waals surface area contributed by atoms with Crippen LogP contribution in [0.1, 0.15) is 40.4 Å². The Morgan fingerprint density at radius 1 is 1.10 bits per heavy atom. The monoisotopic (exact) mass is 268 g/mol. The fraction of sp³-hybridized carbons (Fsp3) is 0.278. The van der Waals surface area contributed by atoms with Crippen molar-refractivity contribution >= 4 is 5.78 Å². The molecule has 0 aliphatic carbocycles. The lowest BCUT2D eigenvalue weighted by atomic mass is 9.96. The standard InChI is InChI=1S/C18H20O2/c1-4-11-20-16-9-6-8-15(12-16)18(19)17-10-5-7-13(2)14(17)3/h5-10,12H,4,11H2,1-3H3. The quantitative estimate of drug-likeness (QED) is 0.755. The topological polar surface area (TPSA) is 26.3 Å². The smallest absolute Gasteiger partial charge is 0.193 e. The number of ether oxygens (including phenoxy) is 1. The van der Waals surface area contributed by atoms with Crippen LogP contribution in [0.4, 0.5) is 0 Å². The van der Waals surface area contributed by atoms with Crippen LogP contribution in [0.5, 0.6) is 5.75 Å². The third-order valence-corrected chi connectivity index (χ3v) is 3.42. The minimum Gasteiger partial charge on any atom is -0.494 e. The Hall–Kier alpha value is -2.09. The van der Waals surface area contributed by atoms with Gasteiger partial charge in [-0.3, -0.25) is 4.79 Å². The van der Waals surface area contributed by atoms with Gasteiger partial charge in [-0.05, 0) is 43.5 Å². The van der Waals surface area contributed by atoms with Crippen LogP contribution in [-0.2, 0) is 0 Å². The number of carbonyl (C=O) groups excluding carboxylic acids is 1. The molecule has 0 aromatic heterocycles. The van der Waals surface area contributed by atoms with Crippen molar-refractivity contribution in [1.29, 1.82) is 0 Å². The lowest BCUT2D eigenvalue weighted by Gasteiger charge is -2.09. The zero-order valence-corrected chi connectivity index (χ0v) is 12.3. The molecule has 0 N–H and O–H groups in total. The highest BCUT2D eigenvalue weighted by Gasteiger charge is 2.13. The highest BCUT2D eigenvalue weighted by atomic mass is 16.5. The molecule has 0 aliphatic rings. The molecule has 0 amide bonds. The van der Waals surface area contributed by atoms with E-state index in [0.29, 0.717) is 12.2 Å². The van der Waals surface area contributed by atoms with Gasteiger partial charge in [-0.2, -0.15) is 0 Å². The van der Waals surface area contributed by atoms with Gasteiger partial charge in [-0.1, -0.05) is 37.3 Å². The van der Waals surface area contributed by atoms with Gasteiger partial charge >= 0.3 is 0 Å². The molecule has 2 aromatic rings. The van der Waals surface area contributed by atoms with E-state index in [-0.39, 0.29) is 5.78 Å². The van der Waals surface area contributed by atoms with Crippen molar-refractivity contribution in [2.24, 2.45) is 0 Å². The third kappa shape index (κ3) is 3.08. The fourth-order valence-electron chi connectivity index (χ4n) is 2.10. The van der Waals surface area contributed by atoms with E-state index in [9.17, 15) is 4.79 Å². The van der Waals surface area contributed by atoms with E-state index in [4.69, 9.17) is 4.74 Å². The Bertz CT molecular complexity index is 615. The van der Waals surface area contributed by atoms with E-state index < -0.39 is 0 Å². The van der Waals surface area contributed by atoms with Crippen LogP contribution in [0.3, 0.4) is 0 Å². The molecule has 2 rings (SSSR count). The van der Waals surface area contributed by atoms with Crippen molar-refractivity contribution in [3.8, 4) is 5.75 Å². The first kappa shape index (κ1) is 14.3. The van der Waals surface area contributed by atoms with E-state index in [1.807, 2.05) is 56.3 Å². The van der Waals surface area contributed by atoms with Crippen LogP contribution in [0, 0.1) is 13.8 Å². The van der Waals surface area contributed by atoms with Crippen LogP contribution in [0.2, 0.25) is 0 Å². The van der Waals surface area contributed by atoms with Gasteiger partial charge < -0.3 is 4.74 Å². The Labute approximate surface area is 120 Å². The highest BCUT2D eigenvalue weighted by molar-refractivity contribution is 6.10. The average molecular weight is 268 g/mol. The van der Waals surface area contributed by atoms with E-state index >= 15 is 0 Å². The lowest BCUT2D eigenvalue weighted by Crippen LogP contribution is -2.05. The predicted molar refractivity (Wildman–Crippen MR) is 81.6 cm³/mol. The number of aryl methyl sites for hydroxylation is 1. The van der Waals surface area contributed by atoms with Gasteiger partial charge in [0.15, 0.2) is 5.78 Å². The van der Waals surface area contributed by atoms with Crippen LogP contribution < -0.4 is 4.74 Å². The first-order valence-electron chi connectivity index (χ1n) is 6.97. The Balaban J connectivity index is 2.31. The largest absolute Gasteiger partial charge is 0.494 e. The summed E-state index contributed by atoms with van der Waals surface area (Å²) in [5, 5.41) is 0. The molecule has 0 spiro atoms. The second-order valence-electron chi connectivity index (χ2n) is 4.95. The summed E-state index contributed by atoms with van der Waals surface area (Å²) in [7, 11) is 0. The molecule has 0 aliphatic heterocycles. The molecule has 104 valence electrons. The molecule has 0 heterocycles. The second-order valence-corrected chi connectivity index (χ2v) is 4.95. The minimum absolute atomic E-state index is 0.0492. The van der Waals surface area contributed by atoms with E-state index in [2.05, 4.69) is 6.92 Å². The molecule has 0 saturated carbocycles. The van der Waals surface area contributed by atoms with Crippen molar-refractivity contribution in [3.05, 3.63) is 64.7 Å². The molecule has 0 radical (unpaired) electrons. The highest BCUT2D eigenvalue weighted by Crippen LogP contribution is 2.20. The van der Waals surface area contributed by atoms with E-state index in [1.54, 1.807) is 0 Å². The molecule has 0 atom stereocenters. The summed E-state index contributed by atoms with van der Waals surface area (Å²) in [4.78, 5) is 12.6.